The van der Waals surface area contributed by atoms with Crippen molar-refractivity contribution < 1.29 is 58.6 Å². The van der Waals surface area contributed by atoms with Crippen molar-refractivity contribution in [2.75, 3.05) is 22.6 Å². The van der Waals surface area contributed by atoms with Crippen LogP contribution in [0.25, 0.3) is 56.7 Å². The van der Waals surface area contributed by atoms with Crippen LogP contribution in [0.3, 0.4) is 0 Å². The topological polar surface area (TPSA) is 179 Å². The maximum absolute atomic E-state index is 13.2. The smallest absolute Gasteiger partial charge is 0.361 e. The van der Waals surface area contributed by atoms with Crippen molar-refractivity contribution in [1.82, 2.24) is 34.5 Å². The molecule has 116 heavy (non-hydrogen) atoms. The highest BCUT2D eigenvalue weighted by Gasteiger charge is 2.34. The second-order valence-corrected chi connectivity index (χ2v) is 35.2. The molecule has 0 saturated carbocycles. The number of carbonyl (C=O) groups is 3. The number of aromatic nitrogens is 7. The number of carbonyl (C=O) groups excluding carboxylic acids is 3. The molecule has 0 unspecified atom stereocenters. The van der Waals surface area contributed by atoms with Crippen LogP contribution in [0.15, 0.2) is 244 Å². The van der Waals surface area contributed by atoms with Crippen LogP contribution in [0, 0.1) is 20.8 Å². The summed E-state index contributed by atoms with van der Waals surface area (Å²) in [7, 11) is -1.22. The number of rotatable bonds is 21. The summed E-state index contributed by atoms with van der Waals surface area (Å²) in [5, 5.41) is 9.96. The standard InChI is InChI=1S/C34H35F3N4O2Si.2C29H22F3N3O/c1-23-10-11-28(40-33(42)24-7-5-9-27(17-24)34(35,36)37)18-26(23)19-29-20-31(25-8-6-13-38-21-25)30-12-14-41(32(30)39-29)22-43-15-16-44(2,3)4;1-18-10-11-19(14-28(36)20-5-2-7-22(15-20)29(30,31)32)13-25(18)35-27-16-26(21-6-4-12-33-17-21)34-24-9-3-8-23(24)27;1-18-10-11-23(35-28(36)19-5-2-7-22(13-19)29(30,31)32)14-21(18)15-24-16-26(20-6-4-12-33-17-20)25-8-3-9-27(25)34-24/h5-14,17-18,20-21H,15-16,19,22H2,1-4H3,(H,40,42);2-8,10-13,15-17H,9,14H2,1H3,(H,34,35);2-8,10-14,16-17H,9,15H2,1H3,(H,35,36). The minimum absolute atomic E-state index is 0.00837. The zero-order valence-corrected chi connectivity index (χ0v) is 65.1. The number of amides is 2. The van der Waals surface area contributed by atoms with Crippen LogP contribution in [-0.2, 0) is 62.1 Å². The molecule has 2 amide bonds. The van der Waals surface area contributed by atoms with Gasteiger partial charge in [0.1, 0.15) is 12.4 Å². The summed E-state index contributed by atoms with van der Waals surface area (Å²) in [6.07, 6.45) is 9.87. The van der Waals surface area contributed by atoms with E-state index in [4.69, 9.17) is 19.7 Å². The number of ketones is 1. The van der Waals surface area contributed by atoms with Gasteiger partial charge in [0.05, 0.1) is 33.8 Å². The van der Waals surface area contributed by atoms with Gasteiger partial charge >= 0.3 is 18.5 Å². The zero-order chi connectivity index (χ0) is 82.1. The Morgan fingerprint density at radius 3 is 1.53 bits per heavy atom. The summed E-state index contributed by atoms with van der Waals surface area (Å²) >= 11 is 0. The van der Waals surface area contributed by atoms with E-state index in [0.29, 0.717) is 43.1 Å². The number of Topliss-reactive ketones (excluding diaryl/α,β-unsaturated/α-hetero) is 1. The van der Waals surface area contributed by atoms with Crippen molar-refractivity contribution in [2.24, 2.45) is 0 Å². The van der Waals surface area contributed by atoms with E-state index in [1.807, 2.05) is 141 Å². The Morgan fingerprint density at radius 1 is 0.491 bits per heavy atom. The van der Waals surface area contributed by atoms with Gasteiger partial charge in [0.15, 0.2) is 5.78 Å². The Bertz CT molecular complexity index is 5870. The van der Waals surface area contributed by atoms with Gasteiger partial charge in [-0.25, -0.2) is 4.98 Å². The number of hydrogen-bond acceptors (Lipinski definition) is 11. The van der Waals surface area contributed by atoms with Gasteiger partial charge in [0, 0.05) is 174 Å². The Morgan fingerprint density at radius 2 is 0.991 bits per heavy atom. The molecule has 6 aromatic carbocycles. The molecule has 2 aliphatic rings. The molecular formula is C92H79F9N10O4Si. The monoisotopic (exact) mass is 1590 g/mol. The van der Waals surface area contributed by atoms with Gasteiger partial charge in [0.25, 0.3) is 11.8 Å². The minimum Gasteiger partial charge on any atom is -0.361 e. The summed E-state index contributed by atoms with van der Waals surface area (Å²) in [6.45, 7) is 14.0. The molecule has 7 aromatic heterocycles. The maximum atomic E-state index is 13.2. The molecule has 0 radical (unpaired) electrons. The van der Waals surface area contributed by atoms with Crippen LogP contribution in [0.1, 0.15) is 115 Å². The summed E-state index contributed by atoms with van der Waals surface area (Å²) in [6, 6.07) is 50.7. The van der Waals surface area contributed by atoms with Crippen LogP contribution >= 0.6 is 0 Å². The molecular weight excluding hydrogens is 1510 g/mol. The zero-order valence-electron chi connectivity index (χ0n) is 64.1. The predicted molar refractivity (Wildman–Crippen MR) is 438 cm³/mol. The van der Waals surface area contributed by atoms with Crippen LogP contribution < -0.4 is 16.0 Å². The fourth-order valence-electron chi connectivity index (χ4n) is 13.4. The van der Waals surface area contributed by atoms with Gasteiger partial charge in [-0.15, -0.1) is 0 Å². The van der Waals surface area contributed by atoms with E-state index in [0.717, 1.165) is 173 Å². The molecule has 0 fully saturated rings. The lowest BCUT2D eigenvalue weighted by Gasteiger charge is -2.16. The number of pyridine rings is 6. The average molecular weight is 1590 g/mol. The first-order chi connectivity index (χ1) is 55.4. The lowest BCUT2D eigenvalue weighted by Crippen LogP contribution is -2.22. The van der Waals surface area contributed by atoms with E-state index in [1.54, 1.807) is 36.9 Å². The normalized spacial score (nSPS) is 12.3. The summed E-state index contributed by atoms with van der Waals surface area (Å²) in [5.41, 5.74) is 18.0. The van der Waals surface area contributed by atoms with E-state index in [2.05, 4.69) is 80.9 Å². The molecule has 15 rings (SSSR count). The maximum Gasteiger partial charge on any atom is 0.416 e. The number of allylic oxidation sites excluding steroid dienone is 2. The van der Waals surface area contributed by atoms with Crippen LogP contribution in [0.2, 0.25) is 25.7 Å². The van der Waals surface area contributed by atoms with Crippen molar-refractivity contribution in [2.45, 2.75) is 104 Å². The first-order valence-electron chi connectivity index (χ1n) is 37.3. The Kier molecular flexibility index (Phi) is 24.4. The third-order valence-corrected chi connectivity index (χ3v) is 21.4. The molecule has 24 heteroatoms. The number of halogens is 9. The molecule has 0 atom stereocenters. The highest BCUT2D eigenvalue weighted by molar-refractivity contribution is 6.76. The molecule has 3 N–H and O–H groups in total. The van der Waals surface area contributed by atoms with Gasteiger partial charge in [-0.3, -0.25) is 39.3 Å². The average Bonchev–Trinajstić information content (AvgIpc) is 1.61. The number of nitrogens with one attached hydrogen (secondary N) is 3. The number of fused-ring (bicyclic) bond motifs is 3. The molecule has 2 aliphatic carbocycles. The molecule has 0 aliphatic heterocycles. The number of benzene rings is 6. The number of aryl methyl sites for hydroxylation is 3. The van der Waals surface area contributed by atoms with E-state index < -0.39 is 55.1 Å². The van der Waals surface area contributed by atoms with E-state index in [1.165, 1.54) is 36.4 Å². The lowest BCUT2D eigenvalue weighted by molar-refractivity contribution is -0.138. The summed E-state index contributed by atoms with van der Waals surface area (Å²) in [5.74, 6) is -1.59. The summed E-state index contributed by atoms with van der Waals surface area (Å²) < 4.78 is 126. The first kappa shape index (κ1) is 81.2. The van der Waals surface area contributed by atoms with Gasteiger partial charge < -0.3 is 25.3 Å². The van der Waals surface area contributed by atoms with E-state index in [9.17, 15) is 53.9 Å². The number of ether oxygens (including phenoxy) is 1. The molecule has 0 saturated heterocycles. The SMILES string of the molecule is Cc1ccc(CC(=O)c2cccc(C(F)(F)F)c2)cc1Nc1cc(-c2cccnc2)nc2c1C=CC2.Cc1ccc(NC(=O)c2cccc(C(F)(F)F)c2)cc1Cc1cc(-c2cccnc2)c2c(n1)CC=C2.Cc1ccc(NC(=O)c2cccc(C(F)(F)F)c2)cc1Cc1cc(-c2cccnc2)c2ccn(COCC[Si](C)(C)C)c2n1. The molecule has 14 nitrogen and oxygen atoms in total. The van der Waals surface area contributed by atoms with Crippen LogP contribution in [0.5, 0.6) is 0 Å². The largest absolute Gasteiger partial charge is 0.416 e. The van der Waals surface area contributed by atoms with Gasteiger partial charge in [-0.05, 0) is 199 Å². The Hall–Kier alpha value is -12.8. The number of hydrogen-bond donors (Lipinski definition) is 3. The van der Waals surface area contributed by atoms with Crippen molar-refractivity contribution >= 4 is 71.6 Å². The second-order valence-electron chi connectivity index (χ2n) is 29.6. The van der Waals surface area contributed by atoms with Gasteiger partial charge in [-0.2, -0.15) is 39.5 Å². The molecule has 7 heterocycles. The minimum atomic E-state index is -4.53. The molecule has 588 valence electrons. The summed E-state index contributed by atoms with van der Waals surface area (Å²) in [4.78, 5) is 65.8. The highest BCUT2D eigenvalue weighted by atomic mass is 28.3. The lowest BCUT2D eigenvalue weighted by atomic mass is 9.97. The quantitative estimate of drug-likeness (QED) is 0.0270. The molecule has 13 aromatic rings. The fraction of sp³-hybridized carbons (Fsp3) is 0.185. The molecule has 0 spiro atoms. The number of alkyl halides is 9. The van der Waals surface area contributed by atoms with Gasteiger partial charge in [0.2, 0.25) is 0 Å². The first-order valence-corrected chi connectivity index (χ1v) is 41.0. The Labute approximate surface area is 665 Å². The fourth-order valence-corrected chi connectivity index (χ4v) is 14.2. The van der Waals surface area contributed by atoms with Gasteiger partial charge in [-0.1, -0.05) is 105 Å². The Balaban J connectivity index is 0.000000152. The number of nitrogens with zero attached hydrogens (tertiary/aromatic N) is 7. The van der Waals surface area contributed by atoms with Crippen LogP contribution in [-0.4, -0.2) is 66.7 Å². The van der Waals surface area contributed by atoms with Crippen molar-refractivity contribution in [3.05, 3.63) is 344 Å². The molecule has 0 bridgehead atoms. The second kappa shape index (κ2) is 34.9. The number of anilines is 4. The van der Waals surface area contributed by atoms with Crippen LogP contribution in [0.4, 0.5) is 62.3 Å². The van der Waals surface area contributed by atoms with E-state index in [-0.39, 0.29) is 28.9 Å². The van der Waals surface area contributed by atoms with Crippen molar-refractivity contribution in [3.8, 4) is 33.5 Å². The van der Waals surface area contributed by atoms with Crippen molar-refractivity contribution in [3.63, 3.8) is 0 Å². The van der Waals surface area contributed by atoms with Crippen molar-refractivity contribution in [1.29, 1.82) is 0 Å². The highest BCUT2D eigenvalue weighted by Crippen LogP contribution is 2.39. The van der Waals surface area contributed by atoms with E-state index >= 15 is 0 Å². The third kappa shape index (κ3) is 20.4. The predicted octanol–water partition coefficient (Wildman–Crippen LogP) is 22.7. The third-order valence-electron chi connectivity index (χ3n) is 19.7.